The number of imidazole rings is 1. The number of H-pyrrole nitrogens is 2. The number of nitrogens with two attached hydrogens (primary N) is 6. The number of carbonyl (C=O) groups is 10. The van der Waals surface area contributed by atoms with E-state index in [4.69, 9.17) is 34.4 Å². The normalized spacial score (nSPS) is 14.4. The second kappa shape index (κ2) is 38.1. The smallest absolute Gasteiger partial charge is 0.305 e. The number of hydrogen-bond acceptors (Lipinski definition) is 15. The summed E-state index contributed by atoms with van der Waals surface area (Å²) in [5.74, 6) is -9.57. The van der Waals surface area contributed by atoms with Gasteiger partial charge in [-0.1, -0.05) is 99.1 Å². The van der Waals surface area contributed by atoms with Crippen LogP contribution in [0.15, 0.2) is 109 Å². The van der Waals surface area contributed by atoms with Crippen molar-refractivity contribution in [3.63, 3.8) is 0 Å². The topological polar surface area (TPSA) is 500 Å². The van der Waals surface area contributed by atoms with Crippen molar-refractivity contribution in [1.82, 2.24) is 57.5 Å². The number of nitrogens with zero attached hydrogens (tertiary/aromatic N) is 2. The van der Waals surface area contributed by atoms with E-state index in [0.717, 1.165) is 10.9 Å². The van der Waals surface area contributed by atoms with Crippen LogP contribution >= 0.6 is 0 Å². The fourth-order valence-corrected chi connectivity index (χ4v) is 10.1. The number of para-hydroxylation sites is 1. The highest BCUT2D eigenvalue weighted by Crippen LogP contribution is 2.20. The Kier molecular flexibility index (Phi) is 30.2. The Balaban J connectivity index is 1.44. The lowest BCUT2D eigenvalue weighted by atomic mass is 9.96. The van der Waals surface area contributed by atoms with E-state index in [9.17, 15) is 53.1 Å². The van der Waals surface area contributed by atoms with Crippen LogP contribution in [0.25, 0.3) is 10.9 Å². The number of aliphatic imine (C=N–C) groups is 1. The standard InChI is InChI=1S/C63H90N18O11/c1-3-37(2)53(81-61(91)49(30-39-19-8-5-9-20-39)78-59(89)50(31-40-34-72-44-23-11-10-21-42(40)44)77-55(85)43(66)22-16-28-71-63(68)69)62(92)80-48(29-38-17-6-4-7-18-38)58(88)79-51(32-41-35-70-36-73-41)60(90)75-45(24-12-14-26-64)56(86)74-46(25-13-15-27-65)57(87)76-47(54(67)84)33-52(82)83/h4-11,17-21,23,34-37,43,45-51,53,72H,3,12-16,22,24-33,64-66H2,1-2H3,(H2,67,84)(H,70,73)(H,74,86)(H,75,90)(H,76,87)(H,77,85)(H,78,89)(H,79,88)(H,80,92)(H,81,91)(H,82,83)(H4,68,69,71)/t37-,43+,45+,46+,47+,48-,49-,50-,51+,53+/m1/s1. The van der Waals surface area contributed by atoms with Crippen molar-refractivity contribution in [2.45, 2.75) is 158 Å². The maximum Gasteiger partial charge on any atom is 0.305 e. The maximum absolute atomic E-state index is 15.0. The molecule has 2 heterocycles. The average molecular weight is 1280 g/mol. The highest BCUT2D eigenvalue weighted by molar-refractivity contribution is 5.99. The minimum absolute atomic E-state index is 0.00533. The first-order valence-electron chi connectivity index (χ1n) is 30.9. The molecule has 0 radical (unpaired) electrons. The second-order valence-electron chi connectivity index (χ2n) is 22.6. The van der Waals surface area contributed by atoms with Crippen molar-refractivity contribution in [1.29, 1.82) is 0 Å². The zero-order chi connectivity index (χ0) is 67.1. The van der Waals surface area contributed by atoms with Crippen molar-refractivity contribution >= 4 is 76.0 Å². The van der Waals surface area contributed by atoms with Gasteiger partial charge in [0.25, 0.3) is 0 Å². The van der Waals surface area contributed by atoms with Gasteiger partial charge in [-0.3, -0.25) is 52.9 Å². The molecule has 498 valence electrons. The molecule has 0 saturated carbocycles. The molecule has 0 unspecified atom stereocenters. The first-order chi connectivity index (χ1) is 44.1. The minimum atomic E-state index is -1.61. The van der Waals surface area contributed by atoms with Gasteiger partial charge >= 0.3 is 5.97 Å². The van der Waals surface area contributed by atoms with Gasteiger partial charge in [-0.25, -0.2) is 4.98 Å². The fourth-order valence-electron chi connectivity index (χ4n) is 10.1. The van der Waals surface area contributed by atoms with Crippen molar-refractivity contribution in [2.24, 2.45) is 45.3 Å². The zero-order valence-electron chi connectivity index (χ0n) is 52.0. The largest absolute Gasteiger partial charge is 0.481 e. The van der Waals surface area contributed by atoms with Crippen LogP contribution in [0.3, 0.4) is 0 Å². The molecular weight excluding hydrogens is 1180 g/mol. The van der Waals surface area contributed by atoms with Crippen LogP contribution in [0.2, 0.25) is 0 Å². The first-order valence-corrected chi connectivity index (χ1v) is 30.9. The van der Waals surface area contributed by atoms with Crippen molar-refractivity contribution in [3.05, 3.63) is 126 Å². The van der Waals surface area contributed by atoms with E-state index >= 15 is 0 Å². The summed E-state index contributed by atoms with van der Waals surface area (Å²) in [5, 5.41) is 32.0. The SMILES string of the molecule is CC[C@@H](C)[C@H](NC(=O)[C@@H](Cc1ccccc1)NC(=O)[C@@H](Cc1c[nH]c2ccccc12)NC(=O)[C@@H](N)CCCN=C(N)N)C(=O)N[C@H](Cc1ccccc1)C(=O)N[C@@H](Cc1cnc[nH]1)C(=O)N[C@@H](CCCCN)C(=O)N[C@@H](CCCCN)C(=O)N[C@@H](CC(=O)O)C(N)=O. The van der Waals surface area contributed by atoms with Gasteiger partial charge in [0, 0.05) is 61.2 Å². The van der Waals surface area contributed by atoms with Gasteiger partial charge in [-0.05, 0) is 93.1 Å². The Labute approximate surface area is 533 Å². The van der Waals surface area contributed by atoms with E-state index in [2.05, 4.69) is 62.5 Å². The number of fused-ring (bicyclic) bond motifs is 1. The molecule has 0 aliphatic heterocycles. The van der Waals surface area contributed by atoms with Crippen LogP contribution in [-0.4, -0.2) is 159 Å². The van der Waals surface area contributed by atoms with Gasteiger partial charge in [-0.15, -0.1) is 0 Å². The van der Waals surface area contributed by atoms with Gasteiger partial charge in [0.15, 0.2) is 5.96 Å². The minimum Gasteiger partial charge on any atom is -0.481 e. The van der Waals surface area contributed by atoms with E-state index in [-0.39, 0.29) is 70.5 Å². The van der Waals surface area contributed by atoms with E-state index in [0.29, 0.717) is 60.9 Å². The quantitative estimate of drug-likeness (QED) is 0.0123. The molecule has 29 heteroatoms. The molecule has 0 aliphatic carbocycles. The molecule has 3 aromatic carbocycles. The number of hydrogen-bond donors (Lipinski definition) is 17. The number of rotatable bonds is 41. The van der Waals surface area contributed by atoms with Crippen LogP contribution in [0.5, 0.6) is 0 Å². The summed E-state index contributed by atoms with van der Waals surface area (Å²) in [6.45, 7) is 4.23. The van der Waals surface area contributed by atoms with Crippen LogP contribution in [0, 0.1) is 5.92 Å². The van der Waals surface area contributed by atoms with Gasteiger partial charge in [0.1, 0.15) is 48.3 Å². The van der Waals surface area contributed by atoms with Gasteiger partial charge < -0.3 is 92.0 Å². The summed E-state index contributed by atoms with van der Waals surface area (Å²) in [6, 6.07) is 12.8. The summed E-state index contributed by atoms with van der Waals surface area (Å²) in [7, 11) is 0. The molecule has 5 rings (SSSR count). The number of aromatic amines is 2. The Hall–Kier alpha value is -9.74. The molecular formula is C63H90N18O11. The number of aliphatic carboxylic acids is 1. The monoisotopic (exact) mass is 1270 g/mol. The number of carboxylic acids is 1. The Bertz CT molecular complexity index is 3230. The zero-order valence-corrected chi connectivity index (χ0v) is 52.0. The van der Waals surface area contributed by atoms with Crippen molar-refractivity contribution in [3.8, 4) is 0 Å². The van der Waals surface area contributed by atoms with Crippen LogP contribution in [0.4, 0.5) is 0 Å². The number of unbranched alkanes of at least 4 members (excludes halogenated alkanes) is 2. The van der Waals surface area contributed by atoms with E-state index in [1.165, 1.54) is 12.5 Å². The summed E-state index contributed by atoms with van der Waals surface area (Å²) >= 11 is 0. The van der Waals surface area contributed by atoms with Gasteiger partial charge in [-0.2, -0.15) is 0 Å². The van der Waals surface area contributed by atoms with E-state index < -0.39 is 126 Å². The van der Waals surface area contributed by atoms with Gasteiger partial charge in [0.05, 0.1) is 18.8 Å². The number of benzene rings is 3. The molecule has 29 nitrogen and oxygen atoms in total. The summed E-state index contributed by atoms with van der Waals surface area (Å²) < 4.78 is 0. The molecule has 9 amide bonds. The van der Waals surface area contributed by atoms with Crippen molar-refractivity contribution < 1.29 is 53.1 Å². The molecule has 23 N–H and O–H groups in total. The number of carboxylic acid groups (broad SMARTS) is 1. The molecule has 2 aromatic heterocycles. The number of guanidine groups is 1. The van der Waals surface area contributed by atoms with Crippen LogP contribution in [-0.2, 0) is 73.6 Å². The predicted molar refractivity (Wildman–Crippen MR) is 345 cm³/mol. The predicted octanol–water partition coefficient (Wildman–Crippen LogP) is -1.32. The van der Waals surface area contributed by atoms with Gasteiger partial charge in [0.2, 0.25) is 53.2 Å². The van der Waals surface area contributed by atoms with Crippen molar-refractivity contribution in [2.75, 3.05) is 19.6 Å². The lowest BCUT2D eigenvalue weighted by Gasteiger charge is -2.30. The molecule has 0 spiro atoms. The third-order valence-electron chi connectivity index (χ3n) is 15.5. The molecule has 0 aliphatic rings. The molecule has 92 heavy (non-hydrogen) atoms. The lowest BCUT2D eigenvalue weighted by molar-refractivity contribution is -0.140. The third kappa shape index (κ3) is 24.2. The Morgan fingerprint density at radius 1 is 0.533 bits per heavy atom. The molecule has 0 saturated heterocycles. The summed E-state index contributed by atoms with van der Waals surface area (Å²) in [6.07, 6.45) is 5.72. The average Bonchev–Trinajstić information content (AvgIpc) is 2.30. The summed E-state index contributed by atoms with van der Waals surface area (Å²) in [4.78, 5) is 154. The molecule has 10 atom stereocenters. The first kappa shape index (κ1) is 73.0. The summed E-state index contributed by atoms with van der Waals surface area (Å²) in [5.41, 5.74) is 37.3. The maximum atomic E-state index is 15.0. The van der Waals surface area contributed by atoms with E-state index in [1.54, 1.807) is 80.7 Å². The lowest BCUT2D eigenvalue weighted by Crippen LogP contribution is -2.62. The van der Waals surface area contributed by atoms with Crippen LogP contribution in [0.1, 0.15) is 100 Å². The number of aromatic nitrogens is 3. The number of amides is 9. The highest BCUT2D eigenvalue weighted by Gasteiger charge is 2.37. The molecule has 0 fully saturated rings. The van der Waals surface area contributed by atoms with Crippen LogP contribution < -0.4 is 76.9 Å². The highest BCUT2D eigenvalue weighted by atomic mass is 16.4. The molecule has 0 bridgehead atoms. The Morgan fingerprint density at radius 2 is 1.00 bits per heavy atom. The fraction of sp³-hybridized carbons (Fsp3) is 0.460. The number of carbonyl (C=O) groups excluding carboxylic acids is 9. The third-order valence-corrected chi connectivity index (χ3v) is 15.5. The number of nitrogens with one attached hydrogen (secondary N) is 10. The van der Waals surface area contributed by atoms with E-state index in [1.807, 2.05) is 24.3 Å². The Morgan fingerprint density at radius 3 is 1.50 bits per heavy atom. The number of primary amides is 1. The molecule has 5 aromatic rings. The second-order valence-corrected chi connectivity index (χ2v) is 22.6.